The molecule has 0 fully saturated rings. The van der Waals surface area contributed by atoms with E-state index in [0.717, 1.165) is 17.7 Å². The molecule has 0 aliphatic rings. The van der Waals surface area contributed by atoms with Gasteiger partial charge in [-0.05, 0) is 42.3 Å². The van der Waals surface area contributed by atoms with E-state index in [1.165, 1.54) is 36.2 Å². The minimum atomic E-state index is -0.375. The normalized spacial score (nSPS) is 10.2. The highest BCUT2D eigenvalue weighted by Crippen LogP contribution is 2.15. The molecule has 0 bridgehead atoms. The first-order valence-electron chi connectivity index (χ1n) is 7.99. The maximum Gasteiger partial charge on any atom is 0.260 e. The average molecular weight is 344 g/mol. The molecule has 0 aliphatic heterocycles. The summed E-state index contributed by atoms with van der Waals surface area (Å²) in [4.78, 5) is 25.4. The molecule has 2 rings (SSSR count). The second-order valence-electron chi connectivity index (χ2n) is 5.55. The van der Waals surface area contributed by atoms with Gasteiger partial charge < -0.3 is 15.0 Å². The van der Waals surface area contributed by atoms with E-state index in [1.54, 1.807) is 0 Å². The fourth-order valence-corrected chi connectivity index (χ4v) is 2.23. The van der Waals surface area contributed by atoms with Gasteiger partial charge in [-0.1, -0.05) is 25.1 Å². The van der Waals surface area contributed by atoms with Crippen LogP contribution in [0.2, 0.25) is 0 Å². The summed E-state index contributed by atoms with van der Waals surface area (Å²) in [5.74, 6) is -0.605. The highest BCUT2D eigenvalue weighted by atomic mass is 19.1. The van der Waals surface area contributed by atoms with Gasteiger partial charge in [0.1, 0.15) is 11.6 Å². The number of carbonyl (C=O) groups is 2. The first kappa shape index (κ1) is 18.4. The number of carbonyl (C=O) groups excluding carboxylic acids is 2. The summed E-state index contributed by atoms with van der Waals surface area (Å²) in [5, 5.41) is 2.81. The van der Waals surface area contributed by atoms with E-state index in [0.29, 0.717) is 5.75 Å². The first-order chi connectivity index (χ1) is 12.0. The number of benzene rings is 2. The van der Waals surface area contributed by atoms with Crippen LogP contribution >= 0.6 is 0 Å². The van der Waals surface area contributed by atoms with Crippen LogP contribution in [0.15, 0.2) is 48.5 Å². The van der Waals surface area contributed by atoms with Crippen LogP contribution in [0.4, 0.5) is 10.1 Å². The van der Waals surface area contributed by atoms with E-state index >= 15 is 0 Å². The predicted octanol–water partition coefficient (Wildman–Crippen LogP) is 2.86. The zero-order valence-corrected chi connectivity index (χ0v) is 14.3. The zero-order valence-electron chi connectivity index (χ0n) is 14.3. The van der Waals surface area contributed by atoms with Gasteiger partial charge in [0, 0.05) is 12.7 Å². The van der Waals surface area contributed by atoms with Gasteiger partial charge in [-0.15, -0.1) is 0 Å². The summed E-state index contributed by atoms with van der Waals surface area (Å²) < 4.78 is 18.1. The molecule has 132 valence electrons. The number of halogens is 1. The third kappa shape index (κ3) is 5.60. The van der Waals surface area contributed by atoms with Crippen molar-refractivity contribution in [3.63, 3.8) is 0 Å². The molecule has 2 amide bonds. The minimum Gasteiger partial charge on any atom is -0.484 e. The van der Waals surface area contributed by atoms with Crippen molar-refractivity contribution in [1.29, 1.82) is 0 Å². The Kier molecular flexibility index (Phi) is 6.51. The third-order valence-corrected chi connectivity index (χ3v) is 3.65. The summed E-state index contributed by atoms with van der Waals surface area (Å²) in [7, 11) is 1.53. The minimum absolute atomic E-state index is 0.0797. The lowest BCUT2D eigenvalue weighted by molar-refractivity contribution is -0.135. The van der Waals surface area contributed by atoms with E-state index in [2.05, 4.69) is 5.32 Å². The SMILES string of the molecule is CCc1ccccc1NC(=O)CN(C)C(=O)COc1ccc(F)cc1. The molecule has 25 heavy (non-hydrogen) atoms. The number of aryl methyl sites for hydroxylation is 1. The van der Waals surface area contributed by atoms with Crippen molar-refractivity contribution in [2.45, 2.75) is 13.3 Å². The molecular weight excluding hydrogens is 323 g/mol. The fraction of sp³-hybridized carbons (Fsp3) is 0.263. The van der Waals surface area contributed by atoms with Crippen molar-refractivity contribution >= 4 is 17.5 Å². The number of nitrogens with zero attached hydrogens (tertiary/aromatic N) is 1. The second kappa shape index (κ2) is 8.82. The topological polar surface area (TPSA) is 58.6 Å². The van der Waals surface area contributed by atoms with Crippen LogP contribution in [0.1, 0.15) is 12.5 Å². The molecule has 2 aromatic carbocycles. The third-order valence-electron chi connectivity index (χ3n) is 3.65. The van der Waals surface area contributed by atoms with E-state index in [9.17, 15) is 14.0 Å². The van der Waals surface area contributed by atoms with Crippen LogP contribution in [-0.4, -0.2) is 36.9 Å². The predicted molar refractivity (Wildman–Crippen MR) is 94.0 cm³/mol. The molecule has 5 nitrogen and oxygen atoms in total. The van der Waals surface area contributed by atoms with Crippen molar-refractivity contribution in [1.82, 2.24) is 4.90 Å². The summed E-state index contributed by atoms with van der Waals surface area (Å²) in [6.07, 6.45) is 0.802. The monoisotopic (exact) mass is 344 g/mol. The molecule has 1 N–H and O–H groups in total. The number of rotatable bonds is 7. The number of ether oxygens (including phenoxy) is 1. The average Bonchev–Trinajstić information content (AvgIpc) is 2.61. The molecule has 0 saturated carbocycles. The van der Waals surface area contributed by atoms with Crippen LogP contribution < -0.4 is 10.1 Å². The van der Waals surface area contributed by atoms with Crippen LogP contribution in [0, 0.1) is 5.82 Å². The van der Waals surface area contributed by atoms with Crippen LogP contribution in [0.25, 0.3) is 0 Å². The lowest BCUT2D eigenvalue weighted by Crippen LogP contribution is -2.37. The molecule has 0 atom stereocenters. The number of hydrogen-bond donors (Lipinski definition) is 1. The summed E-state index contributed by atoms with van der Waals surface area (Å²) in [6, 6.07) is 12.9. The Hall–Kier alpha value is -2.89. The Morgan fingerprint density at radius 3 is 2.48 bits per heavy atom. The highest BCUT2D eigenvalue weighted by Gasteiger charge is 2.14. The van der Waals surface area contributed by atoms with Crippen LogP contribution in [0.3, 0.4) is 0 Å². The Balaban J connectivity index is 1.83. The van der Waals surface area contributed by atoms with Gasteiger partial charge in [-0.25, -0.2) is 4.39 Å². The highest BCUT2D eigenvalue weighted by molar-refractivity contribution is 5.95. The van der Waals surface area contributed by atoms with E-state index in [4.69, 9.17) is 4.74 Å². The largest absolute Gasteiger partial charge is 0.484 e. The molecule has 0 aromatic heterocycles. The number of anilines is 1. The molecule has 0 unspecified atom stereocenters. The van der Waals surface area contributed by atoms with Gasteiger partial charge in [0.2, 0.25) is 5.91 Å². The van der Waals surface area contributed by atoms with Crippen molar-refractivity contribution < 1.29 is 18.7 Å². The van der Waals surface area contributed by atoms with E-state index < -0.39 is 0 Å². The van der Waals surface area contributed by atoms with Crippen LogP contribution in [-0.2, 0) is 16.0 Å². The maximum atomic E-state index is 12.8. The van der Waals surface area contributed by atoms with Gasteiger partial charge in [0.05, 0.1) is 6.54 Å². The number of likely N-dealkylation sites (N-methyl/N-ethyl adjacent to an activating group) is 1. The molecule has 0 heterocycles. The van der Waals surface area contributed by atoms with Crippen molar-refractivity contribution in [2.24, 2.45) is 0 Å². The second-order valence-corrected chi connectivity index (χ2v) is 5.55. The van der Waals surface area contributed by atoms with Gasteiger partial charge in [-0.3, -0.25) is 9.59 Å². The Morgan fingerprint density at radius 1 is 1.12 bits per heavy atom. The van der Waals surface area contributed by atoms with Gasteiger partial charge in [-0.2, -0.15) is 0 Å². The molecule has 0 spiro atoms. The molecule has 0 radical (unpaired) electrons. The lowest BCUT2D eigenvalue weighted by Gasteiger charge is -2.18. The molecular formula is C19H21FN2O3. The molecule has 0 saturated heterocycles. The van der Waals surface area contributed by atoms with Gasteiger partial charge >= 0.3 is 0 Å². The Bertz CT molecular complexity index is 732. The van der Waals surface area contributed by atoms with Gasteiger partial charge in [0.15, 0.2) is 6.61 Å². The van der Waals surface area contributed by atoms with Crippen molar-refractivity contribution in [3.05, 3.63) is 59.9 Å². The summed E-state index contributed by atoms with van der Waals surface area (Å²) in [5.41, 5.74) is 1.78. The number of amides is 2. The van der Waals surface area contributed by atoms with Gasteiger partial charge in [0.25, 0.3) is 5.91 Å². The van der Waals surface area contributed by atoms with Crippen molar-refractivity contribution in [3.8, 4) is 5.75 Å². The summed E-state index contributed by atoms with van der Waals surface area (Å²) >= 11 is 0. The van der Waals surface area contributed by atoms with Crippen molar-refractivity contribution in [2.75, 3.05) is 25.5 Å². The Labute approximate surface area is 146 Å². The smallest absolute Gasteiger partial charge is 0.260 e. The first-order valence-corrected chi connectivity index (χ1v) is 7.99. The Morgan fingerprint density at radius 2 is 1.80 bits per heavy atom. The van der Waals surface area contributed by atoms with E-state index in [-0.39, 0.29) is 30.8 Å². The zero-order chi connectivity index (χ0) is 18.2. The van der Waals surface area contributed by atoms with Crippen LogP contribution in [0.5, 0.6) is 5.75 Å². The maximum absolute atomic E-state index is 12.8. The van der Waals surface area contributed by atoms with E-state index in [1.807, 2.05) is 31.2 Å². The molecule has 0 aliphatic carbocycles. The summed E-state index contributed by atoms with van der Waals surface area (Å²) in [6.45, 7) is 1.71. The molecule has 2 aromatic rings. The standard InChI is InChI=1S/C19H21FN2O3/c1-3-14-6-4-5-7-17(14)21-18(23)12-22(2)19(24)13-25-16-10-8-15(20)9-11-16/h4-11H,3,12-13H2,1-2H3,(H,21,23). The molecule has 6 heteroatoms. The lowest BCUT2D eigenvalue weighted by atomic mass is 10.1. The fourth-order valence-electron chi connectivity index (χ4n) is 2.23. The number of nitrogens with one attached hydrogen (secondary N) is 1. The number of para-hydroxylation sites is 1. The quantitative estimate of drug-likeness (QED) is 0.840. The number of hydrogen-bond acceptors (Lipinski definition) is 3.